The molecule has 1 amide bonds. The second-order valence-electron chi connectivity index (χ2n) is 5.93. The van der Waals surface area contributed by atoms with Crippen LogP contribution in [0.1, 0.15) is 32.1 Å². The molecule has 1 aliphatic carbocycles. The van der Waals surface area contributed by atoms with Crippen LogP contribution in [0.5, 0.6) is 0 Å². The van der Waals surface area contributed by atoms with Gasteiger partial charge < -0.3 is 15.0 Å². The van der Waals surface area contributed by atoms with Crippen molar-refractivity contribution >= 4 is 17.6 Å². The summed E-state index contributed by atoms with van der Waals surface area (Å²) in [5.41, 5.74) is 0.0516. The maximum atomic E-state index is 13.2. The molecule has 1 aliphatic heterocycles. The molecule has 0 aromatic heterocycles. The van der Waals surface area contributed by atoms with E-state index in [1.165, 1.54) is 19.2 Å². The van der Waals surface area contributed by atoms with E-state index in [2.05, 4.69) is 5.32 Å². The molecule has 1 saturated carbocycles. The van der Waals surface area contributed by atoms with Gasteiger partial charge in [0.2, 0.25) is 0 Å². The summed E-state index contributed by atoms with van der Waals surface area (Å²) >= 11 is 0. The Morgan fingerprint density at radius 2 is 1.87 bits per heavy atom. The number of carbonyl (C=O) groups excluding carboxylic acids is 2. The minimum atomic E-state index is -0.729. The minimum absolute atomic E-state index is 0.0954. The fraction of sp³-hybridized carbons (Fsp3) is 0.412. The van der Waals surface area contributed by atoms with Gasteiger partial charge in [-0.25, -0.2) is 9.18 Å². The molecule has 0 radical (unpaired) electrons. The lowest BCUT2D eigenvalue weighted by atomic mass is 9.78. The van der Waals surface area contributed by atoms with Gasteiger partial charge in [0.1, 0.15) is 17.1 Å². The van der Waals surface area contributed by atoms with Crippen LogP contribution in [-0.4, -0.2) is 24.5 Å². The number of benzene rings is 1. The van der Waals surface area contributed by atoms with Gasteiger partial charge >= 0.3 is 5.97 Å². The third-order valence-corrected chi connectivity index (χ3v) is 4.58. The van der Waals surface area contributed by atoms with Crippen LogP contribution in [0.15, 0.2) is 36.2 Å². The number of nitrogens with one attached hydrogen (secondary N) is 1. The van der Waals surface area contributed by atoms with E-state index in [9.17, 15) is 14.0 Å². The maximum Gasteiger partial charge on any atom is 0.356 e. The summed E-state index contributed by atoms with van der Waals surface area (Å²) in [5.74, 6) is -1.15. The molecule has 122 valence electrons. The molecule has 1 aromatic carbocycles. The molecule has 5 nitrogen and oxygen atoms in total. The Hall–Kier alpha value is -2.37. The van der Waals surface area contributed by atoms with Crippen molar-refractivity contribution in [3.05, 3.63) is 42.0 Å². The summed E-state index contributed by atoms with van der Waals surface area (Å²) < 4.78 is 17.9. The quantitative estimate of drug-likeness (QED) is 0.851. The zero-order valence-electron chi connectivity index (χ0n) is 13.0. The number of hydrogen-bond donors (Lipinski definition) is 1. The third kappa shape index (κ3) is 2.69. The van der Waals surface area contributed by atoms with Crippen molar-refractivity contribution in [3.8, 4) is 0 Å². The van der Waals surface area contributed by atoms with Crippen LogP contribution in [-0.2, 0) is 14.3 Å². The molecule has 23 heavy (non-hydrogen) atoms. The Kier molecular flexibility index (Phi) is 4.07. The van der Waals surface area contributed by atoms with E-state index in [1.54, 1.807) is 23.2 Å². The van der Waals surface area contributed by atoms with Gasteiger partial charge in [-0.1, -0.05) is 19.3 Å². The van der Waals surface area contributed by atoms with Crippen LogP contribution in [0.2, 0.25) is 0 Å². The van der Waals surface area contributed by atoms with Crippen molar-refractivity contribution in [2.45, 2.75) is 37.6 Å². The molecular formula is C17H19FN2O3. The average molecular weight is 318 g/mol. The average Bonchev–Trinajstić information content (AvgIpc) is 2.58. The molecule has 1 heterocycles. The Morgan fingerprint density at radius 1 is 1.22 bits per heavy atom. The molecule has 6 heteroatoms. The zero-order chi connectivity index (χ0) is 16.4. The van der Waals surface area contributed by atoms with Crippen LogP contribution >= 0.6 is 0 Å². The number of halogens is 1. The topological polar surface area (TPSA) is 58.6 Å². The smallest absolute Gasteiger partial charge is 0.356 e. The van der Waals surface area contributed by atoms with Crippen molar-refractivity contribution in [1.82, 2.24) is 5.32 Å². The fourth-order valence-corrected chi connectivity index (χ4v) is 3.37. The van der Waals surface area contributed by atoms with Crippen molar-refractivity contribution in [2.75, 3.05) is 12.0 Å². The van der Waals surface area contributed by atoms with Crippen LogP contribution in [0.4, 0.5) is 10.1 Å². The molecule has 0 bridgehead atoms. The Balaban J connectivity index is 2.07. The number of amides is 1. The van der Waals surface area contributed by atoms with Gasteiger partial charge in [-0.2, -0.15) is 0 Å². The van der Waals surface area contributed by atoms with Gasteiger partial charge in [0.05, 0.1) is 7.11 Å². The highest BCUT2D eigenvalue weighted by Crippen LogP contribution is 2.39. The van der Waals surface area contributed by atoms with Gasteiger partial charge in [-0.15, -0.1) is 0 Å². The maximum absolute atomic E-state index is 13.2. The van der Waals surface area contributed by atoms with E-state index in [-0.39, 0.29) is 17.4 Å². The van der Waals surface area contributed by atoms with Crippen LogP contribution in [0, 0.1) is 5.82 Å². The van der Waals surface area contributed by atoms with E-state index in [4.69, 9.17) is 4.74 Å². The second-order valence-corrected chi connectivity index (χ2v) is 5.93. The Morgan fingerprint density at radius 3 is 2.48 bits per heavy atom. The zero-order valence-corrected chi connectivity index (χ0v) is 13.0. The largest absolute Gasteiger partial charge is 0.464 e. The Labute approximate surface area is 134 Å². The number of hydrogen-bond acceptors (Lipinski definition) is 4. The lowest BCUT2D eigenvalue weighted by Crippen LogP contribution is -2.62. The lowest BCUT2D eigenvalue weighted by molar-refractivity contribution is -0.139. The van der Waals surface area contributed by atoms with Crippen LogP contribution < -0.4 is 10.2 Å². The first-order valence-corrected chi connectivity index (χ1v) is 7.73. The van der Waals surface area contributed by atoms with Crippen LogP contribution in [0.25, 0.3) is 0 Å². The molecule has 2 aliphatic rings. The number of carbonyl (C=O) groups is 2. The number of esters is 1. The number of anilines is 1. The SMILES string of the molecule is COC(=O)C1=CN(c2ccc(F)cc2)C2(CCCCC2)C(=O)N1. The van der Waals surface area contributed by atoms with Crippen LogP contribution in [0.3, 0.4) is 0 Å². The molecule has 1 spiro atoms. The van der Waals surface area contributed by atoms with Gasteiger partial charge in [0.25, 0.3) is 5.91 Å². The lowest BCUT2D eigenvalue weighted by Gasteiger charge is -2.47. The fourth-order valence-electron chi connectivity index (χ4n) is 3.37. The molecule has 1 fully saturated rings. The molecule has 0 unspecified atom stereocenters. The first-order valence-electron chi connectivity index (χ1n) is 7.73. The van der Waals surface area contributed by atoms with Crippen molar-refractivity contribution in [3.63, 3.8) is 0 Å². The predicted molar refractivity (Wildman–Crippen MR) is 82.9 cm³/mol. The van der Waals surface area contributed by atoms with Gasteiger partial charge in [-0.05, 0) is 37.1 Å². The summed E-state index contributed by atoms with van der Waals surface area (Å²) in [4.78, 5) is 26.4. The minimum Gasteiger partial charge on any atom is -0.464 e. The highest BCUT2D eigenvalue weighted by molar-refractivity contribution is 6.01. The standard InChI is InChI=1S/C17H19FN2O3/c1-23-15(21)14-11-20(13-7-5-12(18)6-8-13)17(16(22)19-14)9-3-2-4-10-17/h5-8,11H,2-4,9-10H2,1H3,(H,19,22). The van der Waals surface area contributed by atoms with Gasteiger partial charge in [-0.3, -0.25) is 4.79 Å². The molecule has 0 saturated heterocycles. The van der Waals surface area contributed by atoms with E-state index in [1.807, 2.05) is 0 Å². The number of ether oxygens (including phenoxy) is 1. The van der Waals surface area contributed by atoms with Crippen molar-refractivity contribution in [2.24, 2.45) is 0 Å². The highest BCUT2D eigenvalue weighted by Gasteiger charge is 2.47. The van der Waals surface area contributed by atoms with E-state index in [0.717, 1.165) is 19.3 Å². The molecule has 3 rings (SSSR count). The summed E-state index contributed by atoms with van der Waals surface area (Å²) in [6, 6.07) is 5.94. The molecule has 0 atom stereocenters. The molecule has 1 aromatic rings. The van der Waals surface area contributed by atoms with E-state index in [0.29, 0.717) is 18.5 Å². The molecular weight excluding hydrogens is 299 g/mol. The van der Waals surface area contributed by atoms with E-state index >= 15 is 0 Å². The normalized spacial score (nSPS) is 20.0. The predicted octanol–water partition coefficient (Wildman–Crippen LogP) is 2.48. The monoisotopic (exact) mass is 318 g/mol. The summed E-state index contributed by atoms with van der Waals surface area (Å²) in [5, 5.41) is 2.67. The number of methoxy groups -OCH3 is 1. The number of nitrogens with zero attached hydrogens (tertiary/aromatic N) is 1. The second kappa shape index (κ2) is 6.02. The van der Waals surface area contributed by atoms with Crippen molar-refractivity contribution in [1.29, 1.82) is 0 Å². The Bertz CT molecular complexity index is 648. The third-order valence-electron chi connectivity index (χ3n) is 4.58. The van der Waals surface area contributed by atoms with Crippen molar-refractivity contribution < 1.29 is 18.7 Å². The summed E-state index contributed by atoms with van der Waals surface area (Å²) in [7, 11) is 1.27. The summed E-state index contributed by atoms with van der Waals surface area (Å²) in [6.07, 6.45) is 5.95. The van der Waals surface area contributed by atoms with Gasteiger partial charge in [0, 0.05) is 11.9 Å². The number of rotatable bonds is 2. The first kappa shape index (κ1) is 15.5. The van der Waals surface area contributed by atoms with E-state index < -0.39 is 11.5 Å². The highest BCUT2D eigenvalue weighted by atomic mass is 19.1. The van der Waals surface area contributed by atoms with Gasteiger partial charge in [0.15, 0.2) is 0 Å². The first-order chi connectivity index (χ1) is 11.1. The summed E-state index contributed by atoms with van der Waals surface area (Å²) in [6.45, 7) is 0. The molecule has 1 N–H and O–H groups in total.